The van der Waals surface area contributed by atoms with Gasteiger partial charge in [-0.15, -0.1) is 0 Å². The summed E-state index contributed by atoms with van der Waals surface area (Å²) in [6.45, 7) is 3.75. The molecule has 1 N–H and O–H groups in total. The monoisotopic (exact) mass is 318 g/mol. The molecule has 0 spiro atoms. The second-order valence-electron chi connectivity index (χ2n) is 6.75. The number of hydrogen-bond donors (Lipinski definition) is 1. The van der Waals surface area contributed by atoms with Crippen molar-refractivity contribution in [3.8, 4) is 0 Å². The lowest BCUT2D eigenvalue weighted by Gasteiger charge is -2.21. The number of carbonyl (C=O) groups is 1. The SMILES string of the molecule is Cc1ccc(Cn2cc(C3CCNC(=O)C3)c3ccccc32)cc1. The van der Waals surface area contributed by atoms with Gasteiger partial charge in [0.05, 0.1) is 0 Å². The summed E-state index contributed by atoms with van der Waals surface area (Å²) >= 11 is 0. The second-order valence-corrected chi connectivity index (χ2v) is 6.75. The van der Waals surface area contributed by atoms with Gasteiger partial charge in [0.15, 0.2) is 0 Å². The topological polar surface area (TPSA) is 34.0 Å². The molecular weight excluding hydrogens is 296 g/mol. The molecule has 0 radical (unpaired) electrons. The van der Waals surface area contributed by atoms with E-state index < -0.39 is 0 Å². The maximum atomic E-state index is 11.8. The van der Waals surface area contributed by atoms with Crippen molar-refractivity contribution in [3.05, 3.63) is 71.4 Å². The summed E-state index contributed by atoms with van der Waals surface area (Å²) in [6.07, 6.45) is 3.87. The van der Waals surface area contributed by atoms with Crippen LogP contribution in [0.3, 0.4) is 0 Å². The van der Waals surface area contributed by atoms with Crippen LogP contribution in [0, 0.1) is 6.92 Å². The molecule has 1 unspecified atom stereocenters. The van der Waals surface area contributed by atoms with E-state index >= 15 is 0 Å². The molecule has 1 aliphatic heterocycles. The molecule has 3 aromatic rings. The molecule has 1 aromatic heterocycles. The highest BCUT2D eigenvalue weighted by Crippen LogP contribution is 2.33. The number of nitrogens with one attached hydrogen (secondary N) is 1. The van der Waals surface area contributed by atoms with Crippen LogP contribution >= 0.6 is 0 Å². The van der Waals surface area contributed by atoms with Crippen molar-refractivity contribution in [1.29, 1.82) is 0 Å². The first-order valence-corrected chi connectivity index (χ1v) is 8.61. The van der Waals surface area contributed by atoms with Crippen molar-refractivity contribution >= 4 is 16.8 Å². The minimum Gasteiger partial charge on any atom is -0.356 e. The van der Waals surface area contributed by atoms with Gasteiger partial charge in [-0.25, -0.2) is 0 Å². The quantitative estimate of drug-likeness (QED) is 0.778. The third kappa shape index (κ3) is 2.82. The molecule has 1 atom stereocenters. The summed E-state index contributed by atoms with van der Waals surface area (Å²) in [5, 5.41) is 4.22. The van der Waals surface area contributed by atoms with Gasteiger partial charge < -0.3 is 9.88 Å². The van der Waals surface area contributed by atoms with Crippen molar-refractivity contribution < 1.29 is 4.79 Å². The van der Waals surface area contributed by atoms with Gasteiger partial charge in [-0.2, -0.15) is 0 Å². The van der Waals surface area contributed by atoms with Crippen molar-refractivity contribution in [2.75, 3.05) is 6.54 Å². The van der Waals surface area contributed by atoms with E-state index in [4.69, 9.17) is 0 Å². The van der Waals surface area contributed by atoms with E-state index in [0.717, 1.165) is 19.5 Å². The highest BCUT2D eigenvalue weighted by Gasteiger charge is 2.23. The van der Waals surface area contributed by atoms with Crippen molar-refractivity contribution in [2.45, 2.75) is 32.2 Å². The van der Waals surface area contributed by atoms with Crippen LogP contribution in [0.25, 0.3) is 10.9 Å². The van der Waals surface area contributed by atoms with E-state index in [0.29, 0.717) is 12.3 Å². The molecule has 3 nitrogen and oxygen atoms in total. The molecule has 1 aliphatic rings. The van der Waals surface area contributed by atoms with E-state index in [-0.39, 0.29) is 5.91 Å². The Morgan fingerprint density at radius 3 is 2.71 bits per heavy atom. The summed E-state index contributed by atoms with van der Waals surface area (Å²) in [5.41, 5.74) is 5.14. The summed E-state index contributed by atoms with van der Waals surface area (Å²) in [4.78, 5) is 11.8. The average molecular weight is 318 g/mol. The van der Waals surface area contributed by atoms with E-state index in [2.05, 4.69) is 71.5 Å². The number of benzene rings is 2. The van der Waals surface area contributed by atoms with Crippen LogP contribution in [0.1, 0.15) is 35.4 Å². The normalized spacial score (nSPS) is 17.9. The Bertz CT molecular complexity index is 876. The first-order chi connectivity index (χ1) is 11.7. The van der Waals surface area contributed by atoms with Gasteiger partial charge >= 0.3 is 0 Å². The Balaban J connectivity index is 1.73. The number of nitrogens with zero attached hydrogens (tertiary/aromatic N) is 1. The number of carbonyl (C=O) groups excluding carboxylic acids is 1. The minimum absolute atomic E-state index is 0.168. The third-order valence-electron chi connectivity index (χ3n) is 4.98. The lowest BCUT2D eigenvalue weighted by atomic mass is 9.90. The smallest absolute Gasteiger partial charge is 0.220 e. The van der Waals surface area contributed by atoms with Gasteiger partial charge in [0.25, 0.3) is 0 Å². The Kier molecular flexibility index (Phi) is 3.85. The van der Waals surface area contributed by atoms with Crippen LogP contribution in [0.4, 0.5) is 0 Å². The molecule has 4 rings (SSSR count). The predicted molar refractivity (Wildman–Crippen MR) is 97.2 cm³/mol. The first kappa shape index (κ1) is 15.0. The predicted octanol–water partition coefficient (Wildman–Crippen LogP) is 3.99. The average Bonchev–Trinajstić information content (AvgIpc) is 2.96. The number of piperidine rings is 1. The summed E-state index contributed by atoms with van der Waals surface area (Å²) in [7, 11) is 0. The van der Waals surface area contributed by atoms with E-state index in [1.54, 1.807) is 0 Å². The molecule has 2 heterocycles. The van der Waals surface area contributed by atoms with Crippen LogP contribution in [-0.2, 0) is 11.3 Å². The number of aryl methyl sites for hydroxylation is 1. The van der Waals surface area contributed by atoms with Gasteiger partial charge in [0.2, 0.25) is 5.91 Å². The van der Waals surface area contributed by atoms with Crippen LogP contribution in [0.15, 0.2) is 54.7 Å². The number of aromatic nitrogens is 1. The number of fused-ring (bicyclic) bond motifs is 1. The molecular formula is C21H22N2O. The van der Waals surface area contributed by atoms with E-state index in [1.807, 2.05) is 0 Å². The molecule has 24 heavy (non-hydrogen) atoms. The molecule has 0 saturated carbocycles. The zero-order valence-electron chi connectivity index (χ0n) is 14.0. The maximum absolute atomic E-state index is 11.8. The molecule has 0 aliphatic carbocycles. The Morgan fingerprint density at radius 2 is 1.92 bits per heavy atom. The summed E-state index contributed by atoms with van der Waals surface area (Å²) < 4.78 is 2.32. The van der Waals surface area contributed by atoms with E-state index in [9.17, 15) is 4.79 Å². The molecule has 1 amide bonds. The van der Waals surface area contributed by atoms with Crippen molar-refractivity contribution in [1.82, 2.24) is 9.88 Å². The first-order valence-electron chi connectivity index (χ1n) is 8.61. The van der Waals surface area contributed by atoms with Gasteiger partial charge in [-0.3, -0.25) is 4.79 Å². The Morgan fingerprint density at radius 1 is 1.12 bits per heavy atom. The number of rotatable bonds is 3. The number of hydrogen-bond acceptors (Lipinski definition) is 1. The van der Waals surface area contributed by atoms with Crippen molar-refractivity contribution in [2.24, 2.45) is 0 Å². The van der Waals surface area contributed by atoms with E-state index in [1.165, 1.54) is 27.6 Å². The highest BCUT2D eigenvalue weighted by molar-refractivity contribution is 5.86. The molecule has 2 aromatic carbocycles. The fraction of sp³-hybridized carbons (Fsp3) is 0.286. The van der Waals surface area contributed by atoms with Crippen LogP contribution < -0.4 is 5.32 Å². The molecule has 3 heteroatoms. The minimum atomic E-state index is 0.168. The van der Waals surface area contributed by atoms with Gasteiger partial charge in [-0.05, 0) is 36.5 Å². The van der Waals surface area contributed by atoms with Crippen LogP contribution in [0.2, 0.25) is 0 Å². The largest absolute Gasteiger partial charge is 0.356 e. The molecule has 1 saturated heterocycles. The molecule has 0 bridgehead atoms. The second kappa shape index (κ2) is 6.16. The zero-order chi connectivity index (χ0) is 16.5. The zero-order valence-corrected chi connectivity index (χ0v) is 14.0. The Hall–Kier alpha value is -2.55. The fourth-order valence-electron chi connectivity index (χ4n) is 3.67. The summed E-state index contributed by atoms with van der Waals surface area (Å²) in [6, 6.07) is 17.2. The van der Waals surface area contributed by atoms with Crippen LogP contribution in [-0.4, -0.2) is 17.0 Å². The Labute approximate surface area is 142 Å². The number of para-hydroxylation sites is 1. The maximum Gasteiger partial charge on any atom is 0.220 e. The van der Waals surface area contributed by atoms with Gasteiger partial charge in [0.1, 0.15) is 0 Å². The third-order valence-corrected chi connectivity index (χ3v) is 4.98. The molecule has 1 fully saturated rings. The number of amides is 1. The summed E-state index contributed by atoms with van der Waals surface area (Å²) in [5.74, 6) is 0.490. The lowest BCUT2D eigenvalue weighted by Crippen LogP contribution is -2.32. The van der Waals surface area contributed by atoms with Gasteiger partial charge in [0, 0.05) is 36.6 Å². The lowest BCUT2D eigenvalue weighted by molar-refractivity contribution is -0.122. The van der Waals surface area contributed by atoms with Crippen LogP contribution in [0.5, 0.6) is 0 Å². The highest BCUT2D eigenvalue weighted by atomic mass is 16.1. The standard InChI is InChI=1S/C21H22N2O/c1-15-6-8-16(9-7-15)13-23-14-19(17-10-11-22-21(24)12-17)18-4-2-3-5-20(18)23/h2-9,14,17H,10-13H2,1H3,(H,22,24). The molecule has 122 valence electrons. The van der Waals surface area contributed by atoms with Crippen molar-refractivity contribution in [3.63, 3.8) is 0 Å². The fourth-order valence-corrected chi connectivity index (χ4v) is 3.67. The van der Waals surface area contributed by atoms with Gasteiger partial charge in [-0.1, -0.05) is 48.0 Å².